The summed E-state index contributed by atoms with van der Waals surface area (Å²) in [5.74, 6) is 0. The number of rotatable bonds is 0. The topological polar surface area (TPSA) is 0 Å². The summed E-state index contributed by atoms with van der Waals surface area (Å²) in [7, 11) is 2.82. The molecule has 3 rings (SSSR count). The molecule has 0 N–H and O–H groups in total. The summed E-state index contributed by atoms with van der Waals surface area (Å²) in [6, 6.07) is 15.2. The van der Waals surface area contributed by atoms with Crippen molar-refractivity contribution < 1.29 is 0 Å². The lowest BCUT2D eigenvalue weighted by atomic mass is 10.1. The molecule has 1 aliphatic carbocycles. The minimum absolute atomic E-state index is 1.09. The van der Waals surface area contributed by atoms with Crippen molar-refractivity contribution in [1.29, 1.82) is 0 Å². The third-order valence-corrected chi connectivity index (χ3v) is 3.43. The molecule has 0 saturated heterocycles. The molecule has 0 fully saturated rings. The summed E-state index contributed by atoms with van der Waals surface area (Å²) in [6.45, 7) is 0. The molecule has 0 spiro atoms. The molecule has 0 nitrogen and oxygen atoms in total. The summed E-state index contributed by atoms with van der Waals surface area (Å²) in [6.07, 6.45) is 1.09. The predicted octanol–water partition coefficient (Wildman–Crippen LogP) is 2.76. The van der Waals surface area contributed by atoms with E-state index in [1.54, 1.807) is 0 Å². The first kappa shape index (κ1) is 8.20. The van der Waals surface area contributed by atoms with Crippen LogP contribution >= 0.6 is 9.24 Å². The number of hydrogen-bond acceptors (Lipinski definition) is 0. The van der Waals surface area contributed by atoms with Gasteiger partial charge >= 0.3 is 0 Å². The van der Waals surface area contributed by atoms with E-state index >= 15 is 0 Å². The molecule has 14 heavy (non-hydrogen) atoms. The third kappa shape index (κ3) is 1.04. The van der Waals surface area contributed by atoms with Crippen molar-refractivity contribution in [1.82, 2.24) is 0 Å². The Kier molecular flexibility index (Phi) is 1.72. The fourth-order valence-electron chi connectivity index (χ4n) is 2.18. The van der Waals surface area contributed by atoms with E-state index in [-0.39, 0.29) is 0 Å². The predicted molar refractivity (Wildman–Crippen MR) is 64.0 cm³/mol. The lowest BCUT2D eigenvalue weighted by molar-refractivity contribution is 1.28. The molecule has 0 bridgehead atoms. The van der Waals surface area contributed by atoms with Gasteiger partial charge in [0.05, 0.1) is 0 Å². The van der Waals surface area contributed by atoms with Crippen molar-refractivity contribution in [3.05, 3.63) is 53.6 Å². The van der Waals surface area contributed by atoms with Gasteiger partial charge in [-0.1, -0.05) is 42.5 Å². The number of benzene rings is 2. The zero-order valence-corrected chi connectivity index (χ0v) is 8.98. The first-order chi connectivity index (χ1) is 6.86. The van der Waals surface area contributed by atoms with Crippen molar-refractivity contribution >= 4 is 14.5 Å². The summed E-state index contributed by atoms with van der Waals surface area (Å²) in [4.78, 5) is 0. The number of fused-ring (bicyclic) bond motifs is 3. The fraction of sp³-hybridized carbons (Fsp3) is 0.0769. The van der Waals surface area contributed by atoms with Crippen LogP contribution in [0.4, 0.5) is 0 Å². The first-order valence-electron chi connectivity index (χ1n) is 4.82. The Bertz CT molecular complexity index is 500. The van der Waals surface area contributed by atoms with Crippen LogP contribution in [0.1, 0.15) is 11.1 Å². The normalized spacial score (nSPS) is 12.4. The average Bonchev–Trinajstić information content (AvgIpc) is 2.59. The van der Waals surface area contributed by atoms with Crippen LogP contribution in [0, 0.1) is 0 Å². The molecular weight excluding hydrogens is 187 g/mol. The third-order valence-electron chi connectivity index (χ3n) is 2.89. The fourth-order valence-corrected chi connectivity index (χ4v) is 2.55. The van der Waals surface area contributed by atoms with Crippen molar-refractivity contribution in [3.63, 3.8) is 0 Å². The zero-order valence-electron chi connectivity index (χ0n) is 7.83. The number of hydrogen-bond donors (Lipinski definition) is 0. The molecular formula is C13H11P. The van der Waals surface area contributed by atoms with Gasteiger partial charge in [-0.2, -0.15) is 0 Å². The van der Waals surface area contributed by atoms with Crippen LogP contribution in [-0.2, 0) is 6.42 Å². The van der Waals surface area contributed by atoms with Crippen molar-refractivity contribution in [2.24, 2.45) is 0 Å². The molecule has 1 heteroatoms. The molecule has 1 atom stereocenters. The van der Waals surface area contributed by atoms with Crippen LogP contribution < -0.4 is 5.30 Å². The van der Waals surface area contributed by atoms with E-state index in [0.29, 0.717) is 0 Å². The van der Waals surface area contributed by atoms with Gasteiger partial charge in [0.15, 0.2) is 0 Å². The standard InChI is InChI=1S/C13H11P/c14-13-7-3-6-11-10-5-2-1-4-9(10)8-12(11)13/h1-7H,8,14H2. The van der Waals surface area contributed by atoms with E-state index in [0.717, 1.165) is 6.42 Å². The molecule has 0 heterocycles. The van der Waals surface area contributed by atoms with E-state index in [2.05, 4.69) is 51.7 Å². The van der Waals surface area contributed by atoms with Gasteiger partial charge < -0.3 is 0 Å². The summed E-state index contributed by atoms with van der Waals surface area (Å²) >= 11 is 0. The Labute approximate surface area is 86.2 Å². The molecule has 68 valence electrons. The smallest absolute Gasteiger partial charge is 0.000730 e. The lowest BCUT2D eigenvalue weighted by Crippen LogP contribution is -1.98. The van der Waals surface area contributed by atoms with Gasteiger partial charge in [0, 0.05) is 0 Å². The van der Waals surface area contributed by atoms with Gasteiger partial charge in [-0.05, 0) is 34.0 Å². The molecule has 2 aromatic rings. The van der Waals surface area contributed by atoms with Gasteiger partial charge in [0.1, 0.15) is 0 Å². The monoisotopic (exact) mass is 198 g/mol. The van der Waals surface area contributed by atoms with E-state index < -0.39 is 0 Å². The van der Waals surface area contributed by atoms with Gasteiger partial charge in [-0.15, -0.1) is 9.24 Å². The van der Waals surface area contributed by atoms with Gasteiger partial charge in [0.25, 0.3) is 0 Å². The minimum Gasteiger partial charge on any atom is -0.105 e. The van der Waals surface area contributed by atoms with Gasteiger partial charge in [0.2, 0.25) is 0 Å². The molecule has 0 amide bonds. The summed E-state index contributed by atoms with van der Waals surface area (Å²) < 4.78 is 0. The largest absolute Gasteiger partial charge is 0.105 e. The van der Waals surface area contributed by atoms with E-state index in [9.17, 15) is 0 Å². The van der Waals surface area contributed by atoms with Crippen molar-refractivity contribution in [2.45, 2.75) is 6.42 Å². The van der Waals surface area contributed by atoms with E-state index in [1.165, 1.54) is 27.6 Å². The lowest BCUT2D eigenvalue weighted by Gasteiger charge is -2.02. The Morgan fingerprint density at radius 3 is 2.57 bits per heavy atom. The molecule has 0 saturated carbocycles. The summed E-state index contributed by atoms with van der Waals surface area (Å²) in [5, 5.41) is 1.33. The maximum Gasteiger partial charge on any atom is -0.000730 e. The Morgan fingerprint density at radius 2 is 1.64 bits per heavy atom. The van der Waals surface area contributed by atoms with Crippen LogP contribution in [0.15, 0.2) is 42.5 Å². The van der Waals surface area contributed by atoms with Crippen molar-refractivity contribution in [2.75, 3.05) is 0 Å². The van der Waals surface area contributed by atoms with Gasteiger partial charge in [-0.3, -0.25) is 0 Å². The molecule has 0 aromatic heterocycles. The highest BCUT2D eigenvalue weighted by molar-refractivity contribution is 7.27. The maximum absolute atomic E-state index is 2.82. The maximum atomic E-state index is 2.82. The first-order valence-corrected chi connectivity index (χ1v) is 5.39. The Hall–Kier alpha value is -1.13. The van der Waals surface area contributed by atoms with Crippen molar-refractivity contribution in [3.8, 4) is 11.1 Å². The SMILES string of the molecule is Pc1cccc2c1Cc1ccccc1-2. The van der Waals surface area contributed by atoms with Crippen LogP contribution in [0.25, 0.3) is 11.1 Å². The molecule has 0 aliphatic heterocycles. The minimum atomic E-state index is 1.09. The highest BCUT2D eigenvalue weighted by Gasteiger charge is 2.18. The van der Waals surface area contributed by atoms with E-state index in [1.807, 2.05) is 0 Å². The second kappa shape index (κ2) is 2.93. The zero-order chi connectivity index (χ0) is 9.54. The Morgan fingerprint density at radius 1 is 0.857 bits per heavy atom. The second-order valence-corrected chi connectivity index (χ2v) is 4.33. The average molecular weight is 198 g/mol. The van der Waals surface area contributed by atoms with E-state index in [4.69, 9.17) is 0 Å². The molecule has 1 unspecified atom stereocenters. The summed E-state index contributed by atoms with van der Waals surface area (Å²) in [5.41, 5.74) is 5.75. The quantitative estimate of drug-likeness (QED) is 0.487. The van der Waals surface area contributed by atoms with Crippen LogP contribution in [-0.4, -0.2) is 0 Å². The highest BCUT2D eigenvalue weighted by Crippen LogP contribution is 2.35. The van der Waals surface area contributed by atoms with Crippen LogP contribution in [0.3, 0.4) is 0 Å². The highest BCUT2D eigenvalue weighted by atomic mass is 31.0. The van der Waals surface area contributed by atoms with Crippen LogP contribution in [0.2, 0.25) is 0 Å². The molecule has 2 aromatic carbocycles. The van der Waals surface area contributed by atoms with Gasteiger partial charge in [-0.25, -0.2) is 0 Å². The Balaban J connectivity index is 2.33. The second-order valence-electron chi connectivity index (χ2n) is 3.71. The van der Waals surface area contributed by atoms with Crippen LogP contribution in [0.5, 0.6) is 0 Å². The molecule has 0 radical (unpaired) electrons. The molecule has 1 aliphatic rings.